The Morgan fingerprint density at radius 2 is 2.55 bits per heavy atom. The van der Waals surface area contributed by atoms with E-state index in [0.29, 0.717) is 5.84 Å². The molecule has 0 fully saturated rings. The molecular weight excluding hydrogens is 180 g/mol. The number of rotatable bonds is 2. The lowest BCUT2D eigenvalue weighted by Gasteiger charge is -1.93. The molecule has 1 heterocycles. The van der Waals surface area contributed by atoms with Crippen molar-refractivity contribution in [3.05, 3.63) is 16.3 Å². The lowest BCUT2D eigenvalue weighted by molar-refractivity contribution is 1.44. The molecule has 0 aliphatic heterocycles. The van der Waals surface area contributed by atoms with Gasteiger partial charge in [-0.25, -0.2) is 4.99 Å². The monoisotopic (exact) mass is 188 g/mol. The molecule has 0 radical (unpaired) electrons. The van der Waals surface area contributed by atoms with Crippen LogP contribution in [0.25, 0.3) is 0 Å². The lowest BCUT2D eigenvalue weighted by Crippen LogP contribution is -2.12. The summed E-state index contributed by atoms with van der Waals surface area (Å²) in [6.45, 7) is 2.00. The Hall–Kier alpha value is -0.540. The Bertz CT molecular complexity index is 267. The number of amidine groups is 1. The second kappa shape index (κ2) is 3.74. The van der Waals surface area contributed by atoms with Crippen LogP contribution < -0.4 is 5.73 Å². The minimum atomic E-state index is 0.287. The minimum Gasteiger partial charge on any atom is -0.386 e. The van der Waals surface area contributed by atoms with Gasteiger partial charge in [-0.3, -0.25) is 0 Å². The van der Waals surface area contributed by atoms with E-state index in [2.05, 4.69) is 4.99 Å². The summed E-state index contributed by atoms with van der Waals surface area (Å²) in [5, 5.41) is 1.98. The zero-order chi connectivity index (χ0) is 8.27. The molecule has 2 N–H and O–H groups in total. The summed E-state index contributed by atoms with van der Waals surface area (Å²) in [5.74, 6) is 0.753. The molecule has 60 valence electrons. The fraction of sp³-hybridized carbons (Fsp3) is 0.286. The van der Waals surface area contributed by atoms with E-state index in [0.717, 1.165) is 10.6 Å². The summed E-state index contributed by atoms with van der Waals surface area (Å²) in [7, 11) is 0. The summed E-state index contributed by atoms with van der Waals surface area (Å²) in [6.07, 6.45) is 0. The number of aliphatic imine (C=N–C) groups is 1. The quantitative estimate of drug-likeness (QED) is 0.432. The number of hydrogen-bond donors (Lipinski definition) is 1. The summed E-state index contributed by atoms with van der Waals surface area (Å²) in [6, 6.07) is 1.93. The van der Waals surface area contributed by atoms with Crippen LogP contribution in [-0.4, -0.2) is 11.7 Å². The number of thiophene rings is 1. The molecule has 0 saturated heterocycles. The van der Waals surface area contributed by atoms with E-state index < -0.39 is 0 Å². The van der Waals surface area contributed by atoms with Crippen LogP contribution in [-0.2, 0) is 0 Å². The second-order valence-electron chi connectivity index (χ2n) is 2.10. The van der Waals surface area contributed by atoms with Gasteiger partial charge in [0.25, 0.3) is 0 Å². The molecule has 0 saturated carbocycles. The number of hydrogen-bond acceptors (Lipinski definition) is 2. The molecule has 0 bridgehead atoms. The van der Waals surface area contributed by atoms with Crippen LogP contribution in [0, 0.1) is 6.92 Å². The number of alkyl halides is 1. The number of halogens is 1. The van der Waals surface area contributed by atoms with Gasteiger partial charge < -0.3 is 5.73 Å². The van der Waals surface area contributed by atoms with E-state index >= 15 is 0 Å². The predicted octanol–water partition coefficient (Wildman–Crippen LogP) is 2.28. The maximum absolute atomic E-state index is 5.47. The standard InChI is InChI=1S/C7H9ClN2S/c1-5-6(2-3-11-5)10-7(9)4-8/h2-3H,4H2,1H3,(H2,9,10). The van der Waals surface area contributed by atoms with Crippen molar-refractivity contribution in [2.75, 3.05) is 5.88 Å². The molecule has 0 aromatic carbocycles. The van der Waals surface area contributed by atoms with Crippen molar-refractivity contribution in [1.29, 1.82) is 0 Å². The molecule has 0 atom stereocenters. The van der Waals surface area contributed by atoms with Gasteiger partial charge in [-0.15, -0.1) is 22.9 Å². The molecule has 0 amide bonds. The third-order valence-corrected chi connectivity index (χ3v) is 2.34. The van der Waals surface area contributed by atoms with Crippen LogP contribution >= 0.6 is 22.9 Å². The van der Waals surface area contributed by atoms with Gasteiger partial charge in [-0.1, -0.05) is 0 Å². The maximum Gasteiger partial charge on any atom is 0.115 e. The molecule has 0 aliphatic rings. The second-order valence-corrected chi connectivity index (χ2v) is 3.49. The van der Waals surface area contributed by atoms with Crippen molar-refractivity contribution in [2.45, 2.75) is 6.92 Å². The highest BCUT2D eigenvalue weighted by Gasteiger charge is 1.96. The predicted molar refractivity (Wildman–Crippen MR) is 51.1 cm³/mol. The van der Waals surface area contributed by atoms with Crippen molar-refractivity contribution in [2.24, 2.45) is 10.7 Å². The minimum absolute atomic E-state index is 0.287. The van der Waals surface area contributed by atoms with Crippen molar-refractivity contribution in [1.82, 2.24) is 0 Å². The fourth-order valence-electron chi connectivity index (χ4n) is 0.679. The first-order valence-electron chi connectivity index (χ1n) is 3.17. The van der Waals surface area contributed by atoms with Crippen LogP contribution in [0.1, 0.15) is 4.88 Å². The van der Waals surface area contributed by atoms with E-state index in [4.69, 9.17) is 17.3 Å². The largest absolute Gasteiger partial charge is 0.386 e. The Labute approximate surface area is 74.7 Å². The van der Waals surface area contributed by atoms with Gasteiger partial charge in [-0.2, -0.15) is 0 Å². The zero-order valence-electron chi connectivity index (χ0n) is 6.17. The highest BCUT2D eigenvalue weighted by atomic mass is 35.5. The molecule has 0 spiro atoms. The Balaban J connectivity index is 2.86. The molecule has 0 aliphatic carbocycles. The SMILES string of the molecule is Cc1sccc1/N=C(/N)CCl. The van der Waals surface area contributed by atoms with Gasteiger partial charge >= 0.3 is 0 Å². The Morgan fingerprint density at radius 1 is 1.82 bits per heavy atom. The summed E-state index contributed by atoms with van der Waals surface area (Å²) in [4.78, 5) is 5.27. The smallest absolute Gasteiger partial charge is 0.115 e. The molecule has 1 aromatic rings. The first-order chi connectivity index (χ1) is 5.24. The normalized spacial score (nSPS) is 12.0. The molecule has 4 heteroatoms. The molecule has 11 heavy (non-hydrogen) atoms. The van der Waals surface area contributed by atoms with Crippen molar-refractivity contribution in [3.8, 4) is 0 Å². The van der Waals surface area contributed by atoms with Crippen molar-refractivity contribution in [3.63, 3.8) is 0 Å². The molecule has 1 aromatic heterocycles. The Kier molecular flexibility index (Phi) is 2.91. The van der Waals surface area contributed by atoms with Gasteiger partial charge in [0.2, 0.25) is 0 Å². The van der Waals surface area contributed by atoms with Crippen LogP contribution in [0.4, 0.5) is 5.69 Å². The van der Waals surface area contributed by atoms with Gasteiger partial charge in [0, 0.05) is 4.88 Å². The average molecular weight is 189 g/mol. The lowest BCUT2D eigenvalue weighted by atomic mass is 10.4. The van der Waals surface area contributed by atoms with Gasteiger partial charge in [-0.05, 0) is 18.4 Å². The average Bonchev–Trinajstić information content (AvgIpc) is 2.37. The van der Waals surface area contributed by atoms with Crippen molar-refractivity contribution >= 4 is 34.5 Å². The van der Waals surface area contributed by atoms with Crippen LogP contribution in [0.15, 0.2) is 16.4 Å². The topological polar surface area (TPSA) is 38.4 Å². The van der Waals surface area contributed by atoms with Crippen LogP contribution in [0.5, 0.6) is 0 Å². The maximum atomic E-state index is 5.47. The molecule has 2 nitrogen and oxygen atoms in total. The van der Waals surface area contributed by atoms with Gasteiger partial charge in [0.05, 0.1) is 11.6 Å². The van der Waals surface area contributed by atoms with Crippen molar-refractivity contribution < 1.29 is 0 Å². The highest BCUT2D eigenvalue weighted by Crippen LogP contribution is 2.23. The first-order valence-corrected chi connectivity index (χ1v) is 4.58. The number of nitrogens with zero attached hydrogens (tertiary/aromatic N) is 1. The zero-order valence-corrected chi connectivity index (χ0v) is 7.75. The number of aryl methyl sites for hydroxylation is 1. The van der Waals surface area contributed by atoms with E-state index in [-0.39, 0.29) is 5.88 Å². The van der Waals surface area contributed by atoms with E-state index in [9.17, 15) is 0 Å². The third kappa shape index (κ3) is 2.20. The van der Waals surface area contributed by atoms with Gasteiger partial charge in [0.15, 0.2) is 0 Å². The van der Waals surface area contributed by atoms with Gasteiger partial charge in [0.1, 0.15) is 5.84 Å². The van der Waals surface area contributed by atoms with E-state index in [1.165, 1.54) is 0 Å². The summed E-state index contributed by atoms with van der Waals surface area (Å²) >= 11 is 7.12. The van der Waals surface area contributed by atoms with Crippen LogP contribution in [0.2, 0.25) is 0 Å². The first kappa shape index (κ1) is 8.56. The number of nitrogens with two attached hydrogens (primary N) is 1. The fourth-order valence-corrected chi connectivity index (χ4v) is 1.37. The molecule has 1 rings (SSSR count). The molecule has 0 unspecified atom stereocenters. The highest BCUT2D eigenvalue weighted by molar-refractivity contribution is 7.10. The third-order valence-electron chi connectivity index (χ3n) is 1.23. The molecular formula is C7H9ClN2S. The van der Waals surface area contributed by atoms with E-state index in [1.54, 1.807) is 11.3 Å². The Morgan fingerprint density at radius 3 is 3.00 bits per heavy atom. The van der Waals surface area contributed by atoms with E-state index in [1.807, 2.05) is 18.4 Å². The summed E-state index contributed by atoms with van der Waals surface area (Å²) in [5.41, 5.74) is 6.38. The summed E-state index contributed by atoms with van der Waals surface area (Å²) < 4.78 is 0. The van der Waals surface area contributed by atoms with Crippen LogP contribution in [0.3, 0.4) is 0 Å².